The van der Waals surface area contributed by atoms with Crippen LogP contribution in [-0.2, 0) is 0 Å². The third-order valence-corrected chi connectivity index (χ3v) is 0.953. The molecular weight excluding hydrogens is 100 g/mol. The van der Waals surface area contributed by atoms with Crippen molar-refractivity contribution >= 4 is 0 Å². The van der Waals surface area contributed by atoms with E-state index in [2.05, 4.69) is 6.58 Å². The Morgan fingerprint density at radius 2 is 2.38 bits per heavy atom. The molecular formula is C7H12O. The smallest absolute Gasteiger partial charge is 0.0754 e. The van der Waals surface area contributed by atoms with Crippen molar-refractivity contribution in [3.05, 3.63) is 25.0 Å². The van der Waals surface area contributed by atoms with Gasteiger partial charge in [-0.3, -0.25) is 0 Å². The Kier molecular flexibility index (Phi) is 4.04. The molecule has 0 amide bonds. The van der Waals surface area contributed by atoms with Gasteiger partial charge in [0.05, 0.1) is 6.26 Å². The summed E-state index contributed by atoms with van der Waals surface area (Å²) in [5.41, 5.74) is 0. The van der Waals surface area contributed by atoms with Crippen LogP contribution in [0.25, 0.3) is 0 Å². The van der Waals surface area contributed by atoms with E-state index in [1.54, 1.807) is 6.08 Å². The zero-order chi connectivity index (χ0) is 6.41. The average Bonchev–Trinajstić information content (AvgIpc) is 1.68. The van der Waals surface area contributed by atoms with Crippen LogP contribution in [0.15, 0.2) is 25.0 Å². The maximum absolute atomic E-state index is 8.25. The Bertz CT molecular complexity index is 84.4. The first-order valence-electron chi connectivity index (χ1n) is 2.73. The quantitative estimate of drug-likeness (QED) is 0.438. The number of hydrogen-bond acceptors (Lipinski definition) is 1. The normalized spacial score (nSPS) is 14.1. The molecule has 0 radical (unpaired) electrons. The summed E-state index contributed by atoms with van der Waals surface area (Å²) in [5, 5.41) is 8.25. The first kappa shape index (κ1) is 7.28. The van der Waals surface area contributed by atoms with Gasteiger partial charge in [0.2, 0.25) is 0 Å². The van der Waals surface area contributed by atoms with Crippen LogP contribution in [0.4, 0.5) is 0 Å². The molecule has 1 N–H and O–H groups in total. The molecule has 0 rings (SSSR count). The van der Waals surface area contributed by atoms with Crippen LogP contribution in [0, 0.1) is 5.92 Å². The predicted molar refractivity (Wildman–Crippen MR) is 35.7 cm³/mol. The van der Waals surface area contributed by atoms with Gasteiger partial charge in [-0.1, -0.05) is 13.0 Å². The predicted octanol–water partition coefficient (Wildman–Crippen LogP) is 2.27. The van der Waals surface area contributed by atoms with E-state index in [9.17, 15) is 0 Å². The van der Waals surface area contributed by atoms with Crippen LogP contribution in [0.2, 0.25) is 0 Å². The van der Waals surface area contributed by atoms with Gasteiger partial charge < -0.3 is 5.11 Å². The van der Waals surface area contributed by atoms with Crippen LogP contribution >= 0.6 is 0 Å². The van der Waals surface area contributed by atoms with E-state index in [1.807, 2.05) is 13.0 Å². The van der Waals surface area contributed by atoms with Crippen molar-refractivity contribution in [1.82, 2.24) is 0 Å². The molecule has 0 aliphatic carbocycles. The third-order valence-electron chi connectivity index (χ3n) is 0.953. The molecule has 1 heteroatoms. The molecule has 1 atom stereocenters. The molecule has 8 heavy (non-hydrogen) atoms. The molecule has 0 bridgehead atoms. The van der Waals surface area contributed by atoms with Crippen LogP contribution < -0.4 is 0 Å². The number of rotatable bonds is 3. The van der Waals surface area contributed by atoms with E-state index < -0.39 is 0 Å². The van der Waals surface area contributed by atoms with Gasteiger partial charge in [0.25, 0.3) is 0 Å². The van der Waals surface area contributed by atoms with E-state index in [-0.39, 0.29) is 0 Å². The number of aliphatic hydroxyl groups excluding tert-OH is 1. The number of hydrogen-bond donors (Lipinski definition) is 1. The SMILES string of the molecule is C=CCC(C)/C=C/O. The van der Waals surface area contributed by atoms with Gasteiger partial charge >= 0.3 is 0 Å². The maximum Gasteiger partial charge on any atom is 0.0754 e. The van der Waals surface area contributed by atoms with Gasteiger partial charge in [-0.05, 0) is 18.4 Å². The minimum atomic E-state index is 0.414. The Balaban J connectivity index is 3.31. The van der Waals surface area contributed by atoms with Crippen molar-refractivity contribution in [2.24, 2.45) is 5.92 Å². The molecule has 0 aromatic rings. The minimum absolute atomic E-state index is 0.414. The van der Waals surface area contributed by atoms with E-state index in [0.717, 1.165) is 12.7 Å². The number of aliphatic hydroxyl groups is 1. The highest BCUT2D eigenvalue weighted by molar-refractivity contribution is 4.83. The summed E-state index contributed by atoms with van der Waals surface area (Å²) in [6.45, 7) is 5.59. The summed E-state index contributed by atoms with van der Waals surface area (Å²) in [4.78, 5) is 0. The van der Waals surface area contributed by atoms with Crippen LogP contribution in [0.3, 0.4) is 0 Å². The van der Waals surface area contributed by atoms with E-state index in [4.69, 9.17) is 5.11 Å². The maximum atomic E-state index is 8.25. The topological polar surface area (TPSA) is 20.2 Å². The molecule has 0 heterocycles. The van der Waals surface area contributed by atoms with Crippen LogP contribution in [0.5, 0.6) is 0 Å². The second kappa shape index (κ2) is 4.44. The second-order valence-corrected chi connectivity index (χ2v) is 1.84. The van der Waals surface area contributed by atoms with Gasteiger partial charge in [-0.25, -0.2) is 0 Å². The summed E-state index contributed by atoms with van der Waals surface area (Å²) in [6.07, 6.45) is 5.58. The average molecular weight is 112 g/mol. The van der Waals surface area contributed by atoms with E-state index >= 15 is 0 Å². The second-order valence-electron chi connectivity index (χ2n) is 1.84. The zero-order valence-corrected chi connectivity index (χ0v) is 5.17. The largest absolute Gasteiger partial charge is 0.516 e. The van der Waals surface area contributed by atoms with Crippen LogP contribution in [0.1, 0.15) is 13.3 Å². The standard InChI is InChI=1S/C7H12O/c1-3-4-7(2)5-6-8/h3,5-8H,1,4H2,2H3/b6-5+. The molecule has 0 aliphatic heterocycles. The molecule has 0 aliphatic rings. The summed E-state index contributed by atoms with van der Waals surface area (Å²) >= 11 is 0. The Morgan fingerprint density at radius 1 is 1.75 bits per heavy atom. The first-order valence-corrected chi connectivity index (χ1v) is 2.73. The fourth-order valence-electron chi connectivity index (χ4n) is 0.488. The lowest BCUT2D eigenvalue weighted by atomic mass is 10.1. The van der Waals surface area contributed by atoms with Gasteiger partial charge in [0.15, 0.2) is 0 Å². The summed E-state index contributed by atoms with van der Waals surface area (Å²) in [5.74, 6) is 0.414. The summed E-state index contributed by atoms with van der Waals surface area (Å²) in [6, 6.07) is 0. The van der Waals surface area contributed by atoms with Crippen molar-refractivity contribution in [2.75, 3.05) is 0 Å². The van der Waals surface area contributed by atoms with E-state index in [1.165, 1.54) is 0 Å². The first-order chi connectivity index (χ1) is 3.81. The van der Waals surface area contributed by atoms with Crippen molar-refractivity contribution < 1.29 is 5.11 Å². The molecule has 0 fully saturated rings. The highest BCUT2D eigenvalue weighted by Gasteiger charge is 1.89. The highest BCUT2D eigenvalue weighted by atomic mass is 16.2. The molecule has 0 aromatic heterocycles. The molecule has 0 aromatic carbocycles. The van der Waals surface area contributed by atoms with Gasteiger partial charge in [0.1, 0.15) is 0 Å². The molecule has 0 saturated carbocycles. The molecule has 0 spiro atoms. The van der Waals surface area contributed by atoms with Gasteiger partial charge in [-0.15, -0.1) is 6.58 Å². The van der Waals surface area contributed by atoms with Crippen molar-refractivity contribution in [1.29, 1.82) is 0 Å². The summed E-state index contributed by atoms with van der Waals surface area (Å²) in [7, 11) is 0. The van der Waals surface area contributed by atoms with Crippen molar-refractivity contribution in [3.63, 3.8) is 0 Å². The monoisotopic (exact) mass is 112 g/mol. The fraction of sp³-hybridized carbons (Fsp3) is 0.429. The zero-order valence-electron chi connectivity index (χ0n) is 5.17. The summed E-state index contributed by atoms with van der Waals surface area (Å²) < 4.78 is 0. The molecule has 1 unspecified atom stereocenters. The minimum Gasteiger partial charge on any atom is -0.516 e. The van der Waals surface area contributed by atoms with Gasteiger partial charge in [0, 0.05) is 0 Å². The number of allylic oxidation sites excluding steroid dienone is 2. The Morgan fingerprint density at radius 3 is 2.75 bits per heavy atom. The lowest BCUT2D eigenvalue weighted by Crippen LogP contribution is -1.83. The van der Waals surface area contributed by atoms with E-state index in [0.29, 0.717) is 5.92 Å². The lowest BCUT2D eigenvalue weighted by Gasteiger charge is -1.96. The third kappa shape index (κ3) is 3.47. The lowest BCUT2D eigenvalue weighted by molar-refractivity contribution is 0.465. The molecule has 46 valence electrons. The molecule has 1 nitrogen and oxygen atoms in total. The van der Waals surface area contributed by atoms with Gasteiger partial charge in [-0.2, -0.15) is 0 Å². The van der Waals surface area contributed by atoms with Crippen molar-refractivity contribution in [2.45, 2.75) is 13.3 Å². The Hall–Kier alpha value is -0.720. The highest BCUT2D eigenvalue weighted by Crippen LogP contribution is 2.01. The Labute approximate surface area is 50.3 Å². The van der Waals surface area contributed by atoms with Crippen LogP contribution in [-0.4, -0.2) is 5.11 Å². The fourth-order valence-corrected chi connectivity index (χ4v) is 0.488. The van der Waals surface area contributed by atoms with Crippen molar-refractivity contribution in [3.8, 4) is 0 Å². The molecule has 0 saturated heterocycles.